The van der Waals surface area contributed by atoms with E-state index < -0.39 is 0 Å². The highest BCUT2D eigenvalue weighted by Gasteiger charge is 2.16. The molecule has 33 heavy (non-hydrogen) atoms. The van der Waals surface area contributed by atoms with Crippen LogP contribution in [0.1, 0.15) is 5.56 Å². The number of rotatable bonds is 6. The van der Waals surface area contributed by atoms with Crippen LogP contribution in [0.15, 0.2) is 60.7 Å². The predicted octanol–water partition coefficient (Wildman–Crippen LogP) is 3.36. The molecule has 0 saturated heterocycles. The quantitative estimate of drug-likeness (QED) is 0.413. The van der Waals surface area contributed by atoms with E-state index in [4.69, 9.17) is 20.9 Å². The molecule has 9 nitrogen and oxygen atoms in total. The molecule has 0 unspecified atom stereocenters. The molecular weight excluding hydrogens is 420 g/mol. The molecule has 5 N–H and O–H groups in total. The van der Waals surface area contributed by atoms with Crippen molar-refractivity contribution in [2.45, 2.75) is 0 Å². The van der Waals surface area contributed by atoms with Gasteiger partial charge in [0, 0.05) is 16.6 Å². The van der Waals surface area contributed by atoms with Crippen LogP contribution in [0.5, 0.6) is 11.5 Å². The van der Waals surface area contributed by atoms with Crippen LogP contribution in [0.4, 0.5) is 17.5 Å². The number of carbonyl (C=O) groups excluding carboxylic acids is 1. The lowest BCUT2D eigenvalue weighted by atomic mass is 10.1. The third-order valence-electron chi connectivity index (χ3n) is 4.93. The van der Waals surface area contributed by atoms with Gasteiger partial charge in [-0.3, -0.25) is 4.79 Å². The van der Waals surface area contributed by atoms with Crippen LogP contribution in [-0.4, -0.2) is 29.6 Å². The Bertz CT molecular complexity index is 1390. The average Bonchev–Trinajstić information content (AvgIpc) is 2.82. The maximum atomic E-state index is 12.5. The number of nitrogens with two attached hydrogens (primary N) is 2. The van der Waals surface area contributed by atoms with Crippen molar-refractivity contribution in [3.05, 3.63) is 66.2 Å². The first-order chi connectivity index (χ1) is 16.0. The van der Waals surface area contributed by atoms with Crippen LogP contribution in [0.25, 0.3) is 22.0 Å². The summed E-state index contributed by atoms with van der Waals surface area (Å²) in [5.74, 6) is 0.323. The fourth-order valence-electron chi connectivity index (χ4n) is 3.41. The summed E-state index contributed by atoms with van der Waals surface area (Å²) >= 11 is 0. The summed E-state index contributed by atoms with van der Waals surface area (Å²) in [4.78, 5) is 20.5. The minimum absolute atomic E-state index is 0.00981. The van der Waals surface area contributed by atoms with Crippen molar-refractivity contribution < 1.29 is 14.3 Å². The molecular formula is C24H20N6O3. The monoisotopic (exact) mass is 440 g/mol. The molecule has 0 spiro atoms. The fraction of sp³-hybridized carbons (Fsp3) is 0.0833. The molecule has 1 aromatic heterocycles. The molecule has 0 bridgehead atoms. The van der Waals surface area contributed by atoms with E-state index in [1.165, 1.54) is 7.11 Å². The van der Waals surface area contributed by atoms with E-state index >= 15 is 0 Å². The van der Waals surface area contributed by atoms with E-state index in [1.807, 2.05) is 48.5 Å². The molecule has 0 atom stereocenters. The lowest BCUT2D eigenvalue weighted by Gasteiger charge is -2.13. The maximum absolute atomic E-state index is 12.5. The number of hydrogen-bond donors (Lipinski definition) is 3. The Balaban J connectivity index is 1.53. The average molecular weight is 440 g/mol. The Kier molecular flexibility index (Phi) is 5.91. The van der Waals surface area contributed by atoms with E-state index in [9.17, 15) is 10.1 Å². The van der Waals surface area contributed by atoms with Crippen molar-refractivity contribution >= 4 is 34.1 Å². The topological polar surface area (TPSA) is 149 Å². The van der Waals surface area contributed by atoms with Crippen LogP contribution < -0.4 is 26.3 Å². The van der Waals surface area contributed by atoms with E-state index in [1.54, 1.807) is 18.2 Å². The van der Waals surface area contributed by atoms with Crippen molar-refractivity contribution in [2.24, 2.45) is 0 Å². The first-order valence-electron chi connectivity index (χ1n) is 9.92. The van der Waals surface area contributed by atoms with Crippen LogP contribution in [-0.2, 0) is 4.79 Å². The highest BCUT2D eigenvalue weighted by atomic mass is 16.5. The lowest BCUT2D eigenvalue weighted by Crippen LogP contribution is -2.20. The van der Waals surface area contributed by atoms with E-state index in [2.05, 4.69) is 15.3 Å². The largest absolute Gasteiger partial charge is 0.493 e. The van der Waals surface area contributed by atoms with Gasteiger partial charge >= 0.3 is 0 Å². The molecule has 4 aromatic rings. The van der Waals surface area contributed by atoms with Crippen LogP contribution >= 0.6 is 0 Å². The van der Waals surface area contributed by atoms with Crippen molar-refractivity contribution in [2.75, 3.05) is 30.5 Å². The zero-order valence-electron chi connectivity index (χ0n) is 17.7. The summed E-state index contributed by atoms with van der Waals surface area (Å²) in [6.07, 6.45) is 0. The van der Waals surface area contributed by atoms with Gasteiger partial charge in [-0.15, -0.1) is 0 Å². The van der Waals surface area contributed by atoms with Gasteiger partial charge in [0.05, 0.1) is 12.8 Å². The molecule has 4 rings (SSSR count). The first-order valence-corrected chi connectivity index (χ1v) is 9.92. The van der Waals surface area contributed by atoms with Crippen molar-refractivity contribution in [3.8, 4) is 28.8 Å². The fourth-order valence-corrected chi connectivity index (χ4v) is 3.41. The van der Waals surface area contributed by atoms with Crippen molar-refractivity contribution in [1.29, 1.82) is 5.26 Å². The predicted molar refractivity (Wildman–Crippen MR) is 126 cm³/mol. The number of hydrogen-bond acceptors (Lipinski definition) is 8. The Morgan fingerprint density at radius 1 is 1.06 bits per heavy atom. The summed E-state index contributed by atoms with van der Waals surface area (Å²) < 4.78 is 11.1. The SMILES string of the molecule is COc1cc(-c2nc(N)nc(N)c2C#N)ccc1OCC(=O)Nc1cccc2ccccc12. The Morgan fingerprint density at radius 3 is 2.64 bits per heavy atom. The summed E-state index contributed by atoms with van der Waals surface area (Å²) in [6, 6.07) is 20.4. The Morgan fingerprint density at radius 2 is 1.85 bits per heavy atom. The molecule has 0 saturated carbocycles. The van der Waals surface area contributed by atoms with Gasteiger partial charge in [0.1, 0.15) is 17.5 Å². The van der Waals surface area contributed by atoms with Crippen molar-refractivity contribution in [3.63, 3.8) is 0 Å². The number of aromatic nitrogens is 2. The molecule has 0 radical (unpaired) electrons. The summed E-state index contributed by atoms with van der Waals surface area (Å²) in [5, 5.41) is 14.2. The molecule has 1 heterocycles. The molecule has 0 aliphatic rings. The van der Waals surface area contributed by atoms with Gasteiger partial charge in [-0.05, 0) is 29.7 Å². The van der Waals surface area contributed by atoms with Gasteiger partial charge in [-0.1, -0.05) is 36.4 Å². The number of nitrogen functional groups attached to an aromatic ring is 2. The van der Waals surface area contributed by atoms with Gasteiger partial charge in [0.2, 0.25) is 5.95 Å². The second kappa shape index (κ2) is 9.11. The molecule has 1 amide bonds. The molecule has 3 aromatic carbocycles. The standard InChI is InChI=1S/C24H20N6O3/c1-32-20-11-15(22-17(12-25)23(26)30-24(27)29-22)9-10-19(20)33-13-21(31)28-18-8-4-6-14-5-2-3-7-16(14)18/h2-11H,13H2,1H3,(H,28,31)(H4,26,27,29,30). The number of amides is 1. The highest BCUT2D eigenvalue weighted by molar-refractivity contribution is 6.02. The van der Waals surface area contributed by atoms with Gasteiger partial charge in [0.15, 0.2) is 18.1 Å². The van der Waals surface area contributed by atoms with E-state index in [0.29, 0.717) is 22.7 Å². The minimum Gasteiger partial charge on any atom is -0.493 e. The smallest absolute Gasteiger partial charge is 0.262 e. The zero-order valence-corrected chi connectivity index (χ0v) is 17.7. The molecule has 0 aliphatic heterocycles. The second-order valence-electron chi connectivity index (χ2n) is 7.03. The third kappa shape index (κ3) is 4.45. The molecule has 0 aliphatic carbocycles. The normalized spacial score (nSPS) is 10.4. The number of methoxy groups -OCH3 is 1. The number of nitriles is 1. The molecule has 164 valence electrons. The number of nitrogens with zero attached hydrogens (tertiary/aromatic N) is 3. The first kappa shape index (κ1) is 21.4. The van der Waals surface area contributed by atoms with Crippen LogP contribution in [0.3, 0.4) is 0 Å². The summed E-state index contributed by atoms with van der Waals surface area (Å²) in [7, 11) is 1.47. The number of ether oxygens (including phenoxy) is 2. The number of carbonyl (C=O) groups is 1. The van der Waals surface area contributed by atoms with E-state index in [-0.39, 0.29) is 35.5 Å². The van der Waals surface area contributed by atoms with Gasteiger partial charge in [-0.2, -0.15) is 10.2 Å². The Hall–Kier alpha value is -4.84. The van der Waals surface area contributed by atoms with Gasteiger partial charge < -0.3 is 26.3 Å². The second-order valence-corrected chi connectivity index (χ2v) is 7.03. The van der Waals surface area contributed by atoms with E-state index in [0.717, 1.165) is 10.8 Å². The van der Waals surface area contributed by atoms with Gasteiger partial charge in [-0.25, -0.2) is 4.98 Å². The number of fused-ring (bicyclic) bond motifs is 1. The highest BCUT2D eigenvalue weighted by Crippen LogP contribution is 2.34. The third-order valence-corrected chi connectivity index (χ3v) is 4.93. The molecule has 9 heteroatoms. The van der Waals surface area contributed by atoms with Crippen LogP contribution in [0.2, 0.25) is 0 Å². The lowest BCUT2D eigenvalue weighted by molar-refractivity contribution is -0.118. The number of benzene rings is 3. The van der Waals surface area contributed by atoms with Gasteiger partial charge in [0.25, 0.3) is 5.91 Å². The summed E-state index contributed by atoms with van der Waals surface area (Å²) in [5.41, 5.74) is 13.1. The van der Waals surface area contributed by atoms with Crippen molar-refractivity contribution in [1.82, 2.24) is 9.97 Å². The Labute approximate surface area is 189 Å². The number of nitrogens with one attached hydrogen (secondary N) is 1. The number of anilines is 3. The molecule has 0 fully saturated rings. The maximum Gasteiger partial charge on any atom is 0.262 e. The van der Waals surface area contributed by atoms with Crippen LogP contribution in [0, 0.1) is 11.3 Å². The summed E-state index contributed by atoms with van der Waals surface area (Å²) in [6.45, 7) is -0.226. The zero-order chi connectivity index (χ0) is 23.4. The minimum atomic E-state index is -0.319.